The fourth-order valence-electron chi connectivity index (χ4n) is 0. The molecule has 0 N–H and O–H groups in total. The van der Waals surface area contributed by atoms with Gasteiger partial charge in [-0.1, -0.05) is 4.76 Å². The molecule has 0 bridgehead atoms. The van der Waals surface area contributed by atoms with Gasteiger partial charge in [0, 0.05) is 0 Å². The Kier molecular flexibility index (Phi) is 1.53. The Bertz CT molecular complexity index is 29.0. The highest BCUT2D eigenvalue weighted by Crippen LogP contribution is 1.53. The minimum absolute atomic E-state index is 1.00. The molecule has 0 aromatic heterocycles. The van der Waals surface area contributed by atoms with Gasteiger partial charge in [0.2, 0.25) is 0 Å². The zero-order valence-corrected chi connectivity index (χ0v) is 3.72. The van der Waals surface area contributed by atoms with Crippen molar-refractivity contribution in [1.82, 2.24) is 0 Å². The van der Waals surface area contributed by atoms with Gasteiger partial charge in [0.25, 0.3) is 0 Å². The topological polar surface area (TPSA) is 0 Å². The molecule has 0 aliphatic carbocycles. The third-order valence-corrected chi connectivity index (χ3v) is 0. The van der Waals surface area contributed by atoms with Gasteiger partial charge in [-0.25, -0.2) is 0 Å². The summed E-state index contributed by atoms with van der Waals surface area (Å²) >= 11 is 4.54. The second-order valence-corrected chi connectivity index (χ2v) is 1.72. The molecule has 0 aromatic carbocycles. The van der Waals surface area contributed by atoms with E-state index in [0.29, 0.717) is 0 Å². The Labute approximate surface area is 32.6 Å². The molecule has 0 amide bonds. The van der Waals surface area contributed by atoms with E-state index in [1.165, 1.54) is 0 Å². The molecule has 2 heteroatoms. The van der Waals surface area contributed by atoms with E-state index in [4.69, 9.17) is 0 Å². The summed E-state index contributed by atoms with van der Waals surface area (Å²) in [5.41, 5.74) is 0. The molecule has 0 heterocycles. The average molecular weight is 71.9 g/mol. The number of hydrogen-bond acceptors (Lipinski definition) is 1. The van der Waals surface area contributed by atoms with Crippen molar-refractivity contribution in [2.24, 2.45) is 0 Å². The van der Waals surface area contributed by atoms with Crippen LogP contribution in [0, 0.1) is 0 Å². The van der Waals surface area contributed by atoms with Gasteiger partial charge < -0.3 is 0 Å². The highest BCUT2D eigenvalue weighted by Gasteiger charge is 1.57. The minimum atomic E-state index is 1.00. The number of thiocarbonyl (C=S) groups is 1. The third kappa shape index (κ3) is 120. The van der Waals surface area contributed by atoms with Crippen molar-refractivity contribution in [2.45, 2.75) is 6.92 Å². The summed E-state index contributed by atoms with van der Waals surface area (Å²) in [5, 5.41) is 0. The summed E-state index contributed by atoms with van der Waals surface area (Å²) < 4.78 is 1.00. The Hall–Kier alpha value is 0.155. The van der Waals surface area contributed by atoms with Gasteiger partial charge in [-0.05, 0) is 6.92 Å². The molecule has 0 radical (unpaired) electrons. The van der Waals surface area contributed by atoms with E-state index in [1.54, 1.807) is 0 Å². The summed E-state index contributed by atoms with van der Waals surface area (Å²) in [6.45, 7) is 1.90. The number of rotatable bonds is 0. The summed E-state index contributed by atoms with van der Waals surface area (Å²) in [5.74, 6) is 0. The van der Waals surface area contributed by atoms with E-state index in [9.17, 15) is 0 Å². The monoisotopic (exact) mass is 72.0 g/mol. The van der Waals surface area contributed by atoms with E-state index in [0.717, 1.165) is 4.76 Å². The van der Waals surface area contributed by atoms with Crippen LogP contribution < -0.4 is 0 Å². The van der Waals surface area contributed by atoms with Crippen molar-refractivity contribution in [2.75, 3.05) is 0 Å². The molecule has 0 saturated heterocycles. The third-order valence-electron chi connectivity index (χ3n) is 0. The van der Waals surface area contributed by atoms with Gasteiger partial charge in [-0.15, -0.1) is 12.2 Å². The lowest BCUT2D eigenvalue weighted by molar-refractivity contribution is 2.11. The number of hydrogen-bond donors (Lipinski definition) is 0. The molecule has 0 nitrogen and oxygen atoms in total. The highest BCUT2D eigenvalue weighted by atomic mass is 32.1. The van der Waals surface area contributed by atoms with Crippen LogP contribution in [-0.2, 0) is 0 Å². The van der Waals surface area contributed by atoms with Gasteiger partial charge >= 0.3 is 0 Å². The van der Waals surface area contributed by atoms with E-state index in [-0.39, 0.29) is 0 Å². The van der Waals surface area contributed by atoms with Crippen LogP contribution in [-0.4, -0.2) is 12.6 Å². The summed E-state index contributed by atoms with van der Waals surface area (Å²) in [6.07, 6.45) is 0. The molecule has 0 fully saturated rings. The predicted molar refractivity (Wildman–Crippen MR) is 26.8 cm³/mol. The van der Waals surface area contributed by atoms with Gasteiger partial charge in [-0.3, -0.25) is 0 Å². The molecule has 0 unspecified atom stereocenters. The molecule has 4 heavy (non-hydrogen) atoms. The van der Waals surface area contributed by atoms with E-state index in [1.807, 2.05) is 14.8 Å². The first-order valence-electron chi connectivity index (χ1n) is 1.20. The first-order chi connectivity index (χ1) is 1.73. The second-order valence-electron chi connectivity index (χ2n) is 0.908. The van der Waals surface area contributed by atoms with Gasteiger partial charge in [0.15, 0.2) is 0 Å². The predicted octanol–water partition coefficient (Wildman–Crippen LogP) is -0.0332. The van der Waals surface area contributed by atoms with E-state index >= 15 is 0 Å². The average Bonchev–Trinajstić information content (AvgIpc) is 0.811. The molecule has 0 aliphatic heterocycles. The molecule has 22 valence electrons. The Morgan fingerprint density at radius 1 is 2.00 bits per heavy atom. The van der Waals surface area contributed by atoms with Crippen molar-refractivity contribution in [1.29, 1.82) is 0 Å². The largest absolute Gasteiger partial charge is 0.147 e. The first kappa shape index (κ1) is 4.15. The molecular weight excluding hydrogens is 66.9 g/mol. The lowest BCUT2D eigenvalue weighted by atomic mass is 10.1. The lowest BCUT2D eigenvalue weighted by Gasteiger charge is -1.60. The van der Waals surface area contributed by atoms with Gasteiger partial charge in [0.1, 0.15) is 7.85 Å². The molecule has 0 aliphatic rings. The first-order valence-corrected chi connectivity index (χ1v) is 1.61. The van der Waals surface area contributed by atoms with Crippen molar-refractivity contribution in [3.05, 3.63) is 0 Å². The van der Waals surface area contributed by atoms with Crippen LogP contribution in [0.2, 0.25) is 0 Å². The summed E-state index contributed by atoms with van der Waals surface area (Å²) in [4.78, 5) is 0. The van der Waals surface area contributed by atoms with E-state index < -0.39 is 0 Å². The molecule has 0 saturated carbocycles. The van der Waals surface area contributed by atoms with Crippen molar-refractivity contribution >= 4 is 24.8 Å². The highest BCUT2D eigenvalue weighted by molar-refractivity contribution is 7.82. The van der Waals surface area contributed by atoms with Crippen LogP contribution in [0.1, 0.15) is 6.92 Å². The molecule has 0 rings (SSSR count). The SMILES string of the molecule is BC(C)=S. The van der Waals surface area contributed by atoms with Crippen LogP contribution in [0.25, 0.3) is 0 Å². The van der Waals surface area contributed by atoms with Gasteiger partial charge in [0.05, 0.1) is 0 Å². The Morgan fingerprint density at radius 2 is 2.00 bits per heavy atom. The van der Waals surface area contributed by atoms with Crippen molar-refractivity contribution in [3.63, 3.8) is 0 Å². The molecule has 0 spiro atoms. The maximum absolute atomic E-state index is 4.54. The standard InChI is InChI=1S/C2H5BS/c1-2(3)4/h3H2,1H3. The smallest absolute Gasteiger partial charge is 0.102 e. The fraction of sp³-hybridized carbons (Fsp3) is 0.500. The minimum Gasteiger partial charge on any atom is -0.102 e. The fourth-order valence-corrected chi connectivity index (χ4v) is 0. The summed E-state index contributed by atoms with van der Waals surface area (Å²) in [6, 6.07) is 0. The van der Waals surface area contributed by atoms with Crippen molar-refractivity contribution < 1.29 is 0 Å². The van der Waals surface area contributed by atoms with Crippen molar-refractivity contribution in [3.8, 4) is 0 Å². The molecule has 0 aromatic rings. The quantitative estimate of drug-likeness (QED) is 0.286. The van der Waals surface area contributed by atoms with Crippen LogP contribution in [0.3, 0.4) is 0 Å². The second kappa shape index (κ2) is 1.47. The van der Waals surface area contributed by atoms with E-state index in [2.05, 4.69) is 12.2 Å². The Balaban J connectivity index is 2.80. The summed E-state index contributed by atoms with van der Waals surface area (Å²) in [7, 11) is 1.90. The zero-order valence-electron chi connectivity index (χ0n) is 2.91. The normalized spacial score (nSPS) is 6.25. The maximum atomic E-state index is 4.54. The van der Waals surface area contributed by atoms with Crippen LogP contribution in [0.5, 0.6) is 0 Å². The van der Waals surface area contributed by atoms with Crippen LogP contribution in [0.4, 0.5) is 0 Å². The van der Waals surface area contributed by atoms with Crippen LogP contribution >= 0.6 is 12.2 Å². The molecular formula is C2H5BS. The zero-order chi connectivity index (χ0) is 3.58. The molecule has 0 atom stereocenters. The van der Waals surface area contributed by atoms with Crippen LogP contribution in [0.15, 0.2) is 0 Å². The Morgan fingerprint density at radius 3 is 2.00 bits per heavy atom. The lowest BCUT2D eigenvalue weighted by Crippen LogP contribution is -1.75. The maximum Gasteiger partial charge on any atom is 0.147 e. The van der Waals surface area contributed by atoms with Gasteiger partial charge in [-0.2, -0.15) is 0 Å².